The van der Waals surface area contributed by atoms with Crippen molar-refractivity contribution in [2.75, 3.05) is 30.8 Å². The maximum atomic E-state index is 12.5. The smallest absolute Gasteiger partial charge is 0.253 e. The third kappa shape index (κ3) is 6.15. The average Bonchev–Trinajstić information content (AvgIpc) is 3.52. The van der Waals surface area contributed by atoms with Gasteiger partial charge in [-0.3, -0.25) is 19.3 Å². The molecule has 158 valence electrons. The first-order valence-electron chi connectivity index (χ1n) is 10.2. The Kier molecular flexibility index (Phi) is 7.19. The van der Waals surface area contributed by atoms with Crippen molar-refractivity contribution in [3.63, 3.8) is 0 Å². The molecule has 0 bridgehead atoms. The molecule has 3 N–H and O–H groups in total. The van der Waals surface area contributed by atoms with Crippen LogP contribution in [0, 0.1) is 0 Å². The molecule has 0 unspecified atom stereocenters. The Hall–Kier alpha value is -3.19. The van der Waals surface area contributed by atoms with Crippen molar-refractivity contribution in [1.82, 2.24) is 10.2 Å². The van der Waals surface area contributed by atoms with E-state index < -0.39 is 0 Å². The molecule has 0 heterocycles. The number of nitrogens with zero attached hydrogens (tertiary/aromatic N) is 1. The maximum Gasteiger partial charge on any atom is 0.253 e. The van der Waals surface area contributed by atoms with Gasteiger partial charge in [-0.15, -0.1) is 0 Å². The Morgan fingerprint density at radius 3 is 2.10 bits per heavy atom. The molecule has 0 atom stereocenters. The molecule has 0 spiro atoms. The normalized spacial score (nSPS) is 13.0. The van der Waals surface area contributed by atoms with Gasteiger partial charge in [0.05, 0.1) is 24.3 Å². The fourth-order valence-electron chi connectivity index (χ4n) is 3.16. The van der Waals surface area contributed by atoms with Crippen LogP contribution in [0.4, 0.5) is 11.4 Å². The molecule has 2 aromatic carbocycles. The molecular weight excluding hydrogens is 380 g/mol. The number of aryl methyl sites for hydroxylation is 1. The molecule has 1 aliphatic rings. The first kappa shape index (κ1) is 21.5. The van der Waals surface area contributed by atoms with Crippen LogP contribution in [0.15, 0.2) is 48.5 Å². The molecule has 0 aromatic heterocycles. The van der Waals surface area contributed by atoms with Gasteiger partial charge in [-0.1, -0.05) is 37.3 Å². The van der Waals surface area contributed by atoms with Crippen LogP contribution in [-0.2, 0) is 16.0 Å². The molecule has 2 aromatic rings. The molecule has 7 nitrogen and oxygen atoms in total. The minimum Gasteiger partial charge on any atom is -0.349 e. The van der Waals surface area contributed by atoms with Gasteiger partial charge < -0.3 is 16.0 Å². The lowest BCUT2D eigenvalue weighted by molar-refractivity contribution is -0.119. The quantitative estimate of drug-likeness (QED) is 0.595. The second kappa shape index (κ2) is 10.0. The van der Waals surface area contributed by atoms with E-state index in [0.29, 0.717) is 11.3 Å². The van der Waals surface area contributed by atoms with E-state index in [0.717, 1.165) is 30.5 Å². The van der Waals surface area contributed by atoms with Crippen LogP contribution in [0.3, 0.4) is 0 Å². The Labute approximate surface area is 176 Å². The lowest BCUT2D eigenvalue weighted by Gasteiger charge is -2.17. The van der Waals surface area contributed by atoms with Crippen molar-refractivity contribution in [2.45, 2.75) is 32.2 Å². The highest BCUT2D eigenvalue weighted by molar-refractivity contribution is 6.04. The van der Waals surface area contributed by atoms with Gasteiger partial charge in [-0.2, -0.15) is 0 Å². The van der Waals surface area contributed by atoms with E-state index >= 15 is 0 Å². The van der Waals surface area contributed by atoms with Gasteiger partial charge in [-0.25, -0.2) is 0 Å². The summed E-state index contributed by atoms with van der Waals surface area (Å²) in [5.41, 5.74) is 2.76. The summed E-state index contributed by atoms with van der Waals surface area (Å²) in [4.78, 5) is 38.8. The number of carbonyl (C=O) groups excluding carboxylic acids is 3. The van der Waals surface area contributed by atoms with E-state index in [1.807, 2.05) is 31.2 Å². The Balaban J connectivity index is 1.52. The third-order valence-corrected chi connectivity index (χ3v) is 4.86. The number of likely N-dealkylation sites (N-methyl/N-ethyl adjacent to an activating group) is 1. The number of amides is 3. The summed E-state index contributed by atoms with van der Waals surface area (Å²) >= 11 is 0. The SMILES string of the molecule is CCc1ccccc1NC(=O)CN(C)CC(=O)Nc1ccccc1C(=O)NC1CC1. The molecule has 30 heavy (non-hydrogen) atoms. The monoisotopic (exact) mass is 408 g/mol. The van der Waals surface area contributed by atoms with Gasteiger partial charge in [0, 0.05) is 11.7 Å². The fourth-order valence-corrected chi connectivity index (χ4v) is 3.16. The van der Waals surface area contributed by atoms with Gasteiger partial charge in [0.2, 0.25) is 11.8 Å². The topological polar surface area (TPSA) is 90.5 Å². The van der Waals surface area contributed by atoms with Gasteiger partial charge in [-0.05, 0) is 50.1 Å². The summed E-state index contributed by atoms with van der Waals surface area (Å²) in [6.45, 7) is 2.14. The number of rotatable bonds is 9. The molecule has 3 rings (SSSR count). The molecule has 0 aliphatic heterocycles. The zero-order valence-electron chi connectivity index (χ0n) is 17.4. The summed E-state index contributed by atoms with van der Waals surface area (Å²) in [5, 5.41) is 8.61. The van der Waals surface area contributed by atoms with E-state index in [1.165, 1.54) is 0 Å². The molecule has 1 aliphatic carbocycles. The van der Waals surface area contributed by atoms with Crippen molar-refractivity contribution in [2.24, 2.45) is 0 Å². The molecule has 1 saturated carbocycles. The van der Waals surface area contributed by atoms with E-state index in [4.69, 9.17) is 0 Å². The molecule has 3 amide bonds. The van der Waals surface area contributed by atoms with Crippen LogP contribution in [0.5, 0.6) is 0 Å². The zero-order valence-corrected chi connectivity index (χ0v) is 17.4. The minimum atomic E-state index is -0.286. The van der Waals surface area contributed by atoms with Gasteiger partial charge in [0.1, 0.15) is 0 Å². The fraction of sp³-hybridized carbons (Fsp3) is 0.348. The first-order valence-corrected chi connectivity index (χ1v) is 10.2. The van der Waals surface area contributed by atoms with Gasteiger partial charge >= 0.3 is 0 Å². The zero-order chi connectivity index (χ0) is 21.5. The standard InChI is InChI=1S/C23H28N4O3/c1-3-16-8-4-6-10-19(16)25-21(28)14-27(2)15-22(29)26-20-11-7-5-9-18(20)23(30)24-17-12-13-17/h4-11,17H,3,12-15H2,1-2H3,(H,24,30)(H,25,28)(H,26,29). The molecule has 1 fully saturated rings. The maximum absolute atomic E-state index is 12.5. The van der Waals surface area contributed by atoms with Crippen molar-refractivity contribution in [3.05, 3.63) is 59.7 Å². The summed E-state index contributed by atoms with van der Waals surface area (Å²) in [6, 6.07) is 14.8. The van der Waals surface area contributed by atoms with Crippen molar-refractivity contribution in [1.29, 1.82) is 0 Å². The average molecular weight is 409 g/mol. The molecule has 0 radical (unpaired) electrons. The highest BCUT2D eigenvalue weighted by Gasteiger charge is 2.25. The lowest BCUT2D eigenvalue weighted by atomic mass is 10.1. The van der Waals surface area contributed by atoms with Crippen LogP contribution in [-0.4, -0.2) is 48.8 Å². The van der Waals surface area contributed by atoms with E-state index in [1.54, 1.807) is 36.2 Å². The number of carbonyl (C=O) groups is 3. The molecular formula is C23H28N4O3. The van der Waals surface area contributed by atoms with Crippen LogP contribution >= 0.6 is 0 Å². The highest BCUT2D eigenvalue weighted by atomic mass is 16.2. The Morgan fingerprint density at radius 1 is 0.900 bits per heavy atom. The molecule has 0 saturated heterocycles. The Morgan fingerprint density at radius 2 is 1.47 bits per heavy atom. The Bertz CT molecular complexity index is 924. The number of benzene rings is 2. The largest absolute Gasteiger partial charge is 0.349 e. The summed E-state index contributed by atoms with van der Waals surface area (Å²) in [5.74, 6) is -0.655. The predicted octanol–water partition coefficient (Wildman–Crippen LogP) is 2.65. The van der Waals surface area contributed by atoms with E-state index in [2.05, 4.69) is 16.0 Å². The predicted molar refractivity (Wildman–Crippen MR) is 118 cm³/mol. The van der Waals surface area contributed by atoms with Gasteiger partial charge in [0.15, 0.2) is 0 Å². The van der Waals surface area contributed by atoms with Crippen LogP contribution in [0.2, 0.25) is 0 Å². The van der Waals surface area contributed by atoms with E-state index in [9.17, 15) is 14.4 Å². The van der Waals surface area contributed by atoms with Crippen LogP contribution < -0.4 is 16.0 Å². The lowest BCUT2D eigenvalue weighted by Crippen LogP contribution is -2.36. The summed E-state index contributed by atoms with van der Waals surface area (Å²) < 4.78 is 0. The van der Waals surface area contributed by atoms with Gasteiger partial charge in [0.25, 0.3) is 5.91 Å². The van der Waals surface area contributed by atoms with Crippen molar-refractivity contribution in [3.8, 4) is 0 Å². The number of hydrogen-bond donors (Lipinski definition) is 3. The van der Waals surface area contributed by atoms with Crippen LogP contribution in [0.1, 0.15) is 35.7 Å². The number of nitrogens with one attached hydrogen (secondary N) is 3. The third-order valence-electron chi connectivity index (χ3n) is 4.86. The number of anilines is 2. The van der Waals surface area contributed by atoms with Crippen LogP contribution in [0.25, 0.3) is 0 Å². The highest BCUT2D eigenvalue weighted by Crippen LogP contribution is 2.21. The molecule has 7 heteroatoms. The summed E-state index contributed by atoms with van der Waals surface area (Å²) in [6.07, 6.45) is 2.81. The number of para-hydroxylation sites is 2. The van der Waals surface area contributed by atoms with E-state index in [-0.39, 0.29) is 36.9 Å². The first-order chi connectivity index (χ1) is 14.5. The second-order valence-corrected chi connectivity index (χ2v) is 7.57. The van der Waals surface area contributed by atoms with Crippen molar-refractivity contribution >= 4 is 29.1 Å². The number of hydrogen-bond acceptors (Lipinski definition) is 4. The van der Waals surface area contributed by atoms with Crippen molar-refractivity contribution < 1.29 is 14.4 Å². The summed E-state index contributed by atoms with van der Waals surface area (Å²) in [7, 11) is 1.70. The minimum absolute atomic E-state index is 0.0292. The second-order valence-electron chi connectivity index (χ2n) is 7.57.